The highest BCUT2D eigenvalue weighted by Crippen LogP contribution is 2.71. The number of carbonyl (C=O) groups excluding carboxylic acids is 1. The molecule has 12 nitrogen and oxygen atoms in total. The molecule has 13 heteroatoms. The van der Waals surface area contributed by atoms with E-state index in [2.05, 4.69) is 47.2 Å². The lowest BCUT2D eigenvalue weighted by Crippen LogP contribution is -2.62. The molecule has 1 amide bonds. The number of piperazine rings is 1. The normalized spacial score (nSPS) is 29.0. The van der Waals surface area contributed by atoms with Crippen LogP contribution in [0.15, 0.2) is 76.3 Å². The van der Waals surface area contributed by atoms with Crippen LogP contribution < -0.4 is 16.0 Å². The highest BCUT2D eigenvalue weighted by molar-refractivity contribution is 7.22. The van der Waals surface area contributed by atoms with Crippen molar-refractivity contribution in [3.8, 4) is 0 Å². The number of aromatic nitrogens is 2. The summed E-state index contributed by atoms with van der Waals surface area (Å²) in [5.41, 5.74) is 9.24. The number of amides is 1. The van der Waals surface area contributed by atoms with Crippen molar-refractivity contribution < 1.29 is 14.7 Å². The number of carbonyl (C=O) groups is 2. The molecule has 4 saturated carbocycles. The number of hydrogen-bond donors (Lipinski definition) is 3. The Morgan fingerprint density at radius 1 is 1.02 bits per heavy atom. The van der Waals surface area contributed by atoms with Crippen molar-refractivity contribution in [2.24, 2.45) is 32.1 Å². The lowest BCUT2D eigenvalue weighted by molar-refractivity contribution is -0.150. The Morgan fingerprint density at radius 3 is 2.44 bits per heavy atom. The van der Waals surface area contributed by atoms with Crippen molar-refractivity contribution in [1.29, 1.82) is 0 Å². The molecule has 290 valence electrons. The van der Waals surface area contributed by atoms with Crippen molar-refractivity contribution in [3.05, 3.63) is 82.3 Å². The van der Waals surface area contributed by atoms with Gasteiger partial charge >= 0.3 is 5.97 Å². The second kappa shape index (κ2) is 14.6. The van der Waals surface area contributed by atoms with Crippen LogP contribution in [-0.4, -0.2) is 69.3 Å². The Kier molecular flexibility index (Phi) is 10.2. The van der Waals surface area contributed by atoms with Crippen molar-refractivity contribution in [2.75, 3.05) is 36.4 Å². The van der Waals surface area contributed by atoms with Gasteiger partial charge in [0.25, 0.3) is 5.91 Å². The van der Waals surface area contributed by atoms with Crippen molar-refractivity contribution in [1.82, 2.24) is 14.9 Å². The first-order valence-corrected chi connectivity index (χ1v) is 20.1. The smallest absolute Gasteiger partial charge is 0.355 e. The molecule has 2 aromatic heterocycles. The van der Waals surface area contributed by atoms with Crippen molar-refractivity contribution in [3.63, 3.8) is 0 Å². The quantitative estimate of drug-likeness (QED) is 0.0933. The van der Waals surface area contributed by atoms with Gasteiger partial charge in [0, 0.05) is 54.0 Å². The van der Waals surface area contributed by atoms with E-state index < -0.39 is 11.5 Å². The molecule has 1 aliphatic heterocycles. The molecular weight excluding hydrogens is 713 g/mol. The van der Waals surface area contributed by atoms with Gasteiger partial charge in [-0.15, -0.1) is 0 Å². The van der Waals surface area contributed by atoms with Crippen molar-refractivity contribution >= 4 is 55.7 Å². The van der Waals surface area contributed by atoms with Gasteiger partial charge in [-0.1, -0.05) is 61.9 Å². The number of fused-ring (bicyclic) bond motifs is 1. The summed E-state index contributed by atoms with van der Waals surface area (Å²) in [4.78, 5) is 57.1. The number of thiazole rings is 1. The molecule has 1 aromatic carbocycles. The topological polar surface area (TPSA) is 166 Å². The van der Waals surface area contributed by atoms with Crippen LogP contribution in [-0.2, 0) is 4.79 Å². The van der Waals surface area contributed by atoms with Gasteiger partial charge in [0.15, 0.2) is 10.8 Å². The lowest BCUT2D eigenvalue weighted by Gasteiger charge is -2.67. The third kappa shape index (κ3) is 7.55. The minimum atomic E-state index is -1.17. The molecule has 0 radical (unpaired) electrons. The molecule has 4 N–H and O–H groups in total. The SMILES string of the molecule is CCC/C=C\N1CCN(c2ccc(C(=CN)C(C)=NCC34CC5(C)CC(C)(C3)CC(N=O)(C5)C4)c(C(=O)O)n2)C/C1=C(/C)C(=O)Nc1nc2ccccc2s1. The Morgan fingerprint density at radius 2 is 1.76 bits per heavy atom. The Labute approximate surface area is 326 Å². The number of nitroso groups, excluding NO2 is 1. The van der Waals surface area contributed by atoms with Crippen LogP contribution in [0.4, 0.5) is 10.9 Å². The van der Waals surface area contributed by atoms with Gasteiger partial charge in [0.05, 0.1) is 16.8 Å². The molecule has 2 unspecified atom stereocenters. The maximum atomic E-state index is 13.6. The third-order valence-electron chi connectivity index (χ3n) is 12.1. The van der Waals surface area contributed by atoms with Gasteiger partial charge in [-0.05, 0) is 106 Å². The van der Waals surface area contributed by atoms with E-state index in [4.69, 9.17) is 15.7 Å². The van der Waals surface area contributed by atoms with E-state index in [0.717, 1.165) is 67.3 Å². The van der Waals surface area contributed by atoms with Crippen LogP contribution in [0.5, 0.6) is 0 Å². The van der Waals surface area contributed by atoms with E-state index in [9.17, 15) is 19.6 Å². The van der Waals surface area contributed by atoms with E-state index in [1.54, 1.807) is 13.0 Å². The zero-order valence-electron chi connectivity index (χ0n) is 32.5. The van der Waals surface area contributed by atoms with Crippen molar-refractivity contribution in [2.45, 2.75) is 91.5 Å². The maximum Gasteiger partial charge on any atom is 0.355 e. The maximum absolute atomic E-state index is 13.6. The number of nitrogens with zero attached hydrogens (tertiary/aromatic N) is 6. The van der Waals surface area contributed by atoms with E-state index in [-0.39, 0.29) is 27.8 Å². The molecule has 5 fully saturated rings. The average Bonchev–Trinajstić information content (AvgIpc) is 3.55. The highest BCUT2D eigenvalue weighted by Gasteiger charge is 2.66. The largest absolute Gasteiger partial charge is 0.476 e. The number of nitrogens with one attached hydrogen (secondary N) is 1. The molecule has 5 aliphatic rings. The molecule has 4 aliphatic carbocycles. The molecule has 1 saturated heterocycles. The minimum Gasteiger partial charge on any atom is -0.476 e. The van der Waals surface area contributed by atoms with Gasteiger partial charge in [-0.25, -0.2) is 14.8 Å². The van der Waals surface area contributed by atoms with Crippen LogP contribution in [0.2, 0.25) is 0 Å². The van der Waals surface area contributed by atoms with Gasteiger partial charge < -0.3 is 20.6 Å². The molecule has 2 atom stereocenters. The van der Waals surface area contributed by atoms with Gasteiger partial charge in [0.2, 0.25) is 0 Å². The van der Waals surface area contributed by atoms with Gasteiger partial charge in [-0.3, -0.25) is 15.1 Å². The predicted molar refractivity (Wildman–Crippen MR) is 220 cm³/mol. The predicted octanol–water partition coefficient (Wildman–Crippen LogP) is 8.38. The van der Waals surface area contributed by atoms with Crippen LogP contribution >= 0.6 is 11.3 Å². The van der Waals surface area contributed by atoms with E-state index >= 15 is 0 Å². The number of unbranched alkanes of at least 4 members (excludes halogenated alkanes) is 1. The number of para-hydroxylation sites is 1. The molecule has 4 bridgehead atoms. The van der Waals surface area contributed by atoms with Crippen LogP contribution in [0.25, 0.3) is 15.8 Å². The molecule has 3 heterocycles. The number of aromatic carboxylic acids is 1. The summed E-state index contributed by atoms with van der Waals surface area (Å²) >= 11 is 1.43. The monoisotopic (exact) mass is 764 g/mol. The number of rotatable bonds is 12. The molecule has 0 spiro atoms. The second-order valence-electron chi connectivity index (χ2n) is 17.2. The van der Waals surface area contributed by atoms with E-state index in [1.165, 1.54) is 17.5 Å². The average molecular weight is 765 g/mol. The lowest BCUT2D eigenvalue weighted by atomic mass is 9.38. The fourth-order valence-corrected chi connectivity index (χ4v) is 11.8. The Balaban J connectivity index is 1.14. The Hall–Kier alpha value is -4.91. The number of anilines is 2. The summed E-state index contributed by atoms with van der Waals surface area (Å²) in [6.07, 6.45) is 13.0. The molecular formula is C42H52N8O4S. The minimum absolute atomic E-state index is 0.0642. The fraction of sp³-hybridized carbons (Fsp3) is 0.500. The zero-order valence-corrected chi connectivity index (χ0v) is 33.3. The number of benzene rings is 1. The number of pyridine rings is 1. The number of allylic oxidation sites excluding steroid dienone is 2. The van der Waals surface area contributed by atoms with Crippen LogP contribution in [0.1, 0.15) is 102 Å². The molecule has 55 heavy (non-hydrogen) atoms. The number of hydrogen-bond acceptors (Lipinski definition) is 11. The third-order valence-corrected chi connectivity index (χ3v) is 13.1. The van der Waals surface area contributed by atoms with Gasteiger partial charge in [-0.2, -0.15) is 4.91 Å². The zero-order chi connectivity index (χ0) is 39.2. The highest BCUT2D eigenvalue weighted by atomic mass is 32.1. The molecule has 8 rings (SSSR count). The number of nitrogens with two attached hydrogens (primary N) is 1. The first-order chi connectivity index (χ1) is 26.2. The van der Waals surface area contributed by atoms with Gasteiger partial charge in [0.1, 0.15) is 11.4 Å². The molecule has 3 aromatic rings. The first kappa shape index (κ1) is 38.4. The summed E-state index contributed by atoms with van der Waals surface area (Å²) in [6.45, 7) is 12.4. The first-order valence-electron chi connectivity index (χ1n) is 19.3. The summed E-state index contributed by atoms with van der Waals surface area (Å²) in [5.74, 6) is -0.933. The second-order valence-corrected chi connectivity index (χ2v) is 18.2. The summed E-state index contributed by atoms with van der Waals surface area (Å²) in [5, 5.41) is 17.7. The van der Waals surface area contributed by atoms with E-state index in [0.29, 0.717) is 59.5 Å². The number of carboxylic acid groups (broad SMARTS) is 1. The Bertz CT molecular complexity index is 2100. The standard InChI is InChI=1S/C42H52N8O4S/c1-6-7-10-15-49-16-17-50(19-32(49)27(2)36(51)47-38-45-31-11-8-9-12-33(31)55-38)34-14-13-29(35(46-34)37(52)53)30(18-43)28(3)44-26-41-21-39(4)20-40(5,22-41)24-42(23-39,25-41)48-54/h8-15,18H,6-7,16-17,19-26,43H2,1-5H3,(H,52,53)(H,45,47,51)/b15-10-,30-18?,32-27+,44-28?. The summed E-state index contributed by atoms with van der Waals surface area (Å²) < 4.78 is 0.991. The fourth-order valence-electron chi connectivity index (χ4n) is 10.9. The number of aliphatic imine (C=N–C) groups is 1. The number of carboxylic acids is 1. The van der Waals surface area contributed by atoms with E-state index in [1.807, 2.05) is 48.4 Å². The van der Waals surface area contributed by atoms with Crippen LogP contribution in [0, 0.1) is 21.2 Å². The summed E-state index contributed by atoms with van der Waals surface area (Å²) in [6, 6.07) is 11.3. The summed E-state index contributed by atoms with van der Waals surface area (Å²) in [7, 11) is 0. The van der Waals surface area contributed by atoms with Crippen LogP contribution in [0.3, 0.4) is 0 Å².